The molecule has 1 heterocycles. The predicted molar refractivity (Wildman–Crippen MR) is 79.4 cm³/mol. The fourth-order valence-electron chi connectivity index (χ4n) is 1.93. The second-order valence-electron chi connectivity index (χ2n) is 4.88. The predicted octanol–water partition coefficient (Wildman–Crippen LogP) is 3.01. The SMILES string of the molecule is CCCNC(=O)c1noc(C)c1COc1ccccc1C. The first-order valence-corrected chi connectivity index (χ1v) is 7.05. The zero-order chi connectivity index (χ0) is 15.2. The fourth-order valence-corrected chi connectivity index (χ4v) is 1.93. The summed E-state index contributed by atoms with van der Waals surface area (Å²) in [6.07, 6.45) is 0.873. The largest absolute Gasteiger partial charge is 0.488 e. The third-order valence-electron chi connectivity index (χ3n) is 3.20. The molecule has 5 heteroatoms. The van der Waals surface area contributed by atoms with Gasteiger partial charge in [-0.15, -0.1) is 0 Å². The van der Waals surface area contributed by atoms with Gasteiger partial charge < -0.3 is 14.6 Å². The van der Waals surface area contributed by atoms with E-state index in [2.05, 4.69) is 10.5 Å². The van der Waals surface area contributed by atoms with Crippen LogP contribution >= 0.6 is 0 Å². The Hall–Kier alpha value is -2.30. The number of nitrogens with one attached hydrogen (secondary N) is 1. The van der Waals surface area contributed by atoms with Crippen LogP contribution in [0.2, 0.25) is 0 Å². The third kappa shape index (κ3) is 3.62. The van der Waals surface area contributed by atoms with Crippen molar-refractivity contribution in [3.05, 3.63) is 46.8 Å². The van der Waals surface area contributed by atoms with Crippen LogP contribution in [0, 0.1) is 13.8 Å². The summed E-state index contributed by atoms with van der Waals surface area (Å²) in [7, 11) is 0. The van der Waals surface area contributed by atoms with Gasteiger partial charge in [0.05, 0.1) is 5.56 Å². The number of rotatable bonds is 6. The number of hydrogen-bond donors (Lipinski definition) is 1. The number of carbonyl (C=O) groups excluding carboxylic acids is 1. The van der Waals surface area contributed by atoms with E-state index >= 15 is 0 Å². The lowest BCUT2D eigenvalue weighted by atomic mass is 10.2. The first-order chi connectivity index (χ1) is 10.1. The molecule has 1 aromatic heterocycles. The zero-order valence-corrected chi connectivity index (χ0v) is 12.6. The Morgan fingerprint density at radius 1 is 1.33 bits per heavy atom. The molecule has 0 fully saturated rings. The fraction of sp³-hybridized carbons (Fsp3) is 0.375. The van der Waals surface area contributed by atoms with Crippen molar-refractivity contribution in [1.29, 1.82) is 0 Å². The van der Waals surface area contributed by atoms with E-state index in [0.717, 1.165) is 17.7 Å². The number of para-hydroxylation sites is 1. The maximum absolute atomic E-state index is 12.0. The zero-order valence-electron chi connectivity index (χ0n) is 12.6. The minimum absolute atomic E-state index is 0.225. The average molecular weight is 288 g/mol. The van der Waals surface area contributed by atoms with Gasteiger partial charge in [0.1, 0.15) is 18.1 Å². The number of hydrogen-bond acceptors (Lipinski definition) is 4. The molecule has 0 saturated carbocycles. The van der Waals surface area contributed by atoms with Crippen LogP contribution in [0.5, 0.6) is 5.75 Å². The first-order valence-electron chi connectivity index (χ1n) is 7.05. The molecule has 0 aliphatic heterocycles. The van der Waals surface area contributed by atoms with Gasteiger partial charge in [0.25, 0.3) is 5.91 Å². The second-order valence-corrected chi connectivity index (χ2v) is 4.88. The lowest BCUT2D eigenvalue weighted by Gasteiger charge is -2.09. The van der Waals surface area contributed by atoms with Crippen molar-refractivity contribution in [2.24, 2.45) is 0 Å². The number of ether oxygens (including phenoxy) is 1. The summed E-state index contributed by atoms with van der Waals surface area (Å²) >= 11 is 0. The number of amides is 1. The maximum atomic E-state index is 12.0. The highest BCUT2D eigenvalue weighted by Gasteiger charge is 2.20. The van der Waals surface area contributed by atoms with E-state index in [9.17, 15) is 4.79 Å². The van der Waals surface area contributed by atoms with Crippen molar-refractivity contribution < 1.29 is 14.1 Å². The molecule has 0 bridgehead atoms. The van der Waals surface area contributed by atoms with E-state index in [-0.39, 0.29) is 12.5 Å². The number of aromatic nitrogens is 1. The number of aryl methyl sites for hydroxylation is 2. The molecule has 1 N–H and O–H groups in total. The van der Waals surface area contributed by atoms with E-state index in [4.69, 9.17) is 9.26 Å². The van der Waals surface area contributed by atoms with Crippen molar-refractivity contribution in [1.82, 2.24) is 10.5 Å². The molecule has 0 spiro atoms. The smallest absolute Gasteiger partial charge is 0.273 e. The summed E-state index contributed by atoms with van der Waals surface area (Å²) < 4.78 is 10.9. The highest BCUT2D eigenvalue weighted by atomic mass is 16.5. The third-order valence-corrected chi connectivity index (χ3v) is 3.20. The van der Waals surface area contributed by atoms with Gasteiger partial charge in [-0.2, -0.15) is 0 Å². The maximum Gasteiger partial charge on any atom is 0.273 e. The Labute approximate surface area is 124 Å². The van der Waals surface area contributed by atoms with Crippen LogP contribution in [-0.4, -0.2) is 17.6 Å². The van der Waals surface area contributed by atoms with Gasteiger partial charge in [0.15, 0.2) is 5.69 Å². The lowest BCUT2D eigenvalue weighted by Crippen LogP contribution is -2.25. The number of nitrogens with zero attached hydrogens (tertiary/aromatic N) is 1. The molecule has 2 rings (SSSR count). The minimum Gasteiger partial charge on any atom is -0.488 e. The molecule has 112 valence electrons. The van der Waals surface area contributed by atoms with Crippen LogP contribution in [0.25, 0.3) is 0 Å². The van der Waals surface area contributed by atoms with Crippen LogP contribution in [0.1, 0.15) is 40.7 Å². The van der Waals surface area contributed by atoms with Crippen LogP contribution in [-0.2, 0) is 6.61 Å². The summed E-state index contributed by atoms with van der Waals surface area (Å²) in [5.41, 5.74) is 2.03. The Bertz CT molecular complexity index is 620. The average Bonchev–Trinajstić information content (AvgIpc) is 2.85. The van der Waals surface area contributed by atoms with Gasteiger partial charge in [-0.1, -0.05) is 30.3 Å². The highest BCUT2D eigenvalue weighted by molar-refractivity contribution is 5.93. The quantitative estimate of drug-likeness (QED) is 0.887. The van der Waals surface area contributed by atoms with Crippen LogP contribution in [0.15, 0.2) is 28.8 Å². The topological polar surface area (TPSA) is 64.4 Å². The summed E-state index contributed by atoms with van der Waals surface area (Å²) in [6.45, 7) is 6.62. The molecule has 1 aromatic carbocycles. The molecule has 0 radical (unpaired) electrons. The molecular formula is C16H20N2O3. The first kappa shape index (κ1) is 15.1. The molecule has 0 aliphatic rings. The lowest BCUT2D eigenvalue weighted by molar-refractivity contribution is 0.0942. The van der Waals surface area contributed by atoms with Crippen molar-refractivity contribution in [2.75, 3.05) is 6.54 Å². The molecule has 5 nitrogen and oxygen atoms in total. The summed E-state index contributed by atoms with van der Waals surface area (Å²) in [6, 6.07) is 7.74. The van der Waals surface area contributed by atoms with Gasteiger partial charge >= 0.3 is 0 Å². The molecule has 21 heavy (non-hydrogen) atoms. The van der Waals surface area contributed by atoms with Gasteiger partial charge in [-0.3, -0.25) is 4.79 Å². The Kier molecular flexibility index (Phi) is 4.98. The number of carbonyl (C=O) groups is 1. The Morgan fingerprint density at radius 2 is 2.10 bits per heavy atom. The van der Waals surface area contributed by atoms with Gasteiger partial charge in [-0.25, -0.2) is 0 Å². The normalized spacial score (nSPS) is 10.4. The number of benzene rings is 1. The summed E-state index contributed by atoms with van der Waals surface area (Å²) in [5.74, 6) is 1.17. The monoisotopic (exact) mass is 288 g/mol. The standard InChI is InChI=1S/C16H20N2O3/c1-4-9-17-16(19)15-13(12(3)21-18-15)10-20-14-8-6-5-7-11(14)2/h5-8H,4,9-10H2,1-3H3,(H,17,19). The van der Waals surface area contributed by atoms with E-state index in [1.54, 1.807) is 6.92 Å². The van der Waals surface area contributed by atoms with E-state index in [1.165, 1.54) is 0 Å². The van der Waals surface area contributed by atoms with Crippen LogP contribution < -0.4 is 10.1 Å². The highest BCUT2D eigenvalue weighted by Crippen LogP contribution is 2.20. The Morgan fingerprint density at radius 3 is 2.81 bits per heavy atom. The molecular weight excluding hydrogens is 268 g/mol. The van der Waals surface area contributed by atoms with E-state index in [0.29, 0.717) is 23.6 Å². The summed E-state index contributed by atoms with van der Waals surface area (Å²) in [5, 5.41) is 6.63. The molecule has 0 saturated heterocycles. The van der Waals surface area contributed by atoms with Crippen molar-refractivity contribution in [3.63, 3.8) is 0 Å². The van der Waals surface area contributed by atoms with Crippen LogP contribution in [0.3, 0.4) is 0 Å². The molecule has 0 unspecified atom stereocenters. The van der Waals surface area contributed by atoms with E-state index < -0.39 is 0 Å². The Balaban J connectivity index is 2.11. The van der Waals surface area contributed by atoms with E-state index in [1.807, 2.05) is 38.1 Å². The van der Waals surface area contributed by atoms with Crippen LogP contribution in [0.4, 0.5) is 0 Å². The minimum atomic E-state index is -0.225. The molecule has 1 amide bonds. The molecule has 2 aromatic rings. The van der Waals surface area contributed by atoms with Crippen molar-refractivity contribution in [2.45, 2.75) is 33.8 Å². The second kappa shape index (κ2) is 6.92. The molecule has 0 aliphatic carbocycles. The van der Waals surface area contributed by atoms with Crippen molar-refractivity contribution >= 4 is 5.91 Å². The molecule has 0 atom stereocenters. The van der Waals surface area contributed by atoms with Gasteiger partial charge in [0, 0.05) is 6.54 Å². The van der Waals surface area contributed by atoms with Crippen molar-refractivity contribution in [3.8, 4) is 5.75 Å². The summed E-state index contributed by atoms with van der Waals surface area (Å²) in [4.78, 5) is 12.0. The van der Waals surface area contributed by atoms with Gasteiger partial charge in [0.2, 0.25) is 0 Å². The van der Waals surface area contributed by atoms with Gasteiger partial charge in [-0.05, 0) is 31.9 Å².